The Kier molecular flexibility index (Phi) is 11.0. The Balaban J connectivity index is 0.00000338. The molecule has 1 aliphatic heterocycles. The maximum absolute atomic E-state index is 11.4. The number of aliphatic imine (C=N–C) groups is 1. The van der Waals surface area contributed by atoms with Crippen LogP contribution in [0.5, 0.6) is 5.75 Å². The lowest BCUT2D eigenvalue weighted by atomic mass is 10.0. The largest absolute Gasteiger partial charge is 0.492 e. The van der Waals surface area contributed by atoms with Crippen LogP contribution in [0.25, 0.3) is 0 Å². The third-order valence-corrected chi connectivity index (χ3v) is 3.76. The van der Waals surface area contributed by atoms with Crippen LogP contribution < -0.4 is 20.7 Å². The number of amides is 1. The van der Waals surface area contributed by atoms with Crippen molar-refractivity contribution in [2.24, 2.45) is 4.99 Å². The number of carbonyl (C=O) groups is 1. The standard InChI is InChI=1S/C18H28N4O3.HI/c1-3-19-18(20-9-4-11-24-2)21-10-12-25-15-6-7-16-14(13-15)5-8-17(23)22-16;/h6-7,13H,3-5,8-12H2,1-2H3,(H,22,23)(H2,19,20,21);1H. The number of guanidine groups is 1. The Hall–Kier alpha value is -1.55. The first-order valence-electron chi connectivity index (χ1n) is 8.79. The Morgan fingerprint density at radius 3 is 2.88 bits per heavy atom. The van der Waals surface area contributed by atoms with Crippen molar-refractivity contribution in [3.8, 4) is 5.75 Å². The van der Waals surface area contributed by atoms with Crippen molar-refractivity contribution in [1.82, 2.24) is 10.6 Å². The van der Waals surface area contributed by atoms with E-state index in [9.17, 15) is 4.79 Å². The first-order valence-corrected chi connectivity index (χ1v) is 8.79. The van der Waals surface area contributed by atoms with Gasteiger partial charge >= 0.3 is 0 Å². The van der Waals surface area contributed by atoms with Gasteiger partial charge in [-0.2, -0.15) is 0 Å². The van der Waals surface area contributed by atoms with Gasteiger partial charge in [0.2, 0.25) is 5.91 Å². The molecule has 0 fully saturated rings. The normalized spacial score (nSPS) is 13.3. The molecular weight excluding hydrogens is 447 g/mol. The summed E-state index contributed by atoms with van der Waals surface area (Å²) in [5, 5.41) is 9.33. The second kappa shape index (κ2) is 12.7. The Bertz CT molecular complexity index is 596. The summed E-state index contributed by atoms with van der Waals surface area (Å²) >= 11 is 0. The number of carbonyl (C=O) groups excluding carboxylic acids is 1. The number of rotatable bonds is 9. The Morgan fingerprint density at radius 2 is 2.12 bits per heavy atom. The van der Waals surface area contributed by atoms with Crippen molar-refractivity contribution < 1.29 is 14.3 Å². The third kappa shape index (κ3) is 7.77. The van der Waals surface area contributed by atoms with Crippen LogP contribution in [0.4, 0.5) is 5.69 Å². The van der Waals surface area contributed by atoms with Crippen LogP contribution in [0.3, 0.4) is 0 Å². The number of nitrogens with zero attached hydrogens (tertiary/aromatic N) is 1. The van der Waals surface area contributed by atoms with Crippen LogP contribution in [-0.2, 0) is 16.0 Å². The molecular formula is C18H29IN4O3. The lowest BCUT2D eigenvalue weighted by Gasteiger charge is -2.18. The minimum Gasteiger partial charge on any atom is -0.492 e. The van der Waals surface area contributed by atoms with Crippen LogP contribution in [0.1, 0.15) is 25.3 Å². The molecule has 7 nitrogen and oxygen atoms in total. The summed E-state index contributed by atoms with van der Waals surface area (Å²) in [6, 6.07) is 5.78. The summed E-state index contributed by atoms with van der Waals surface area (Å²) in [7, 11) is 1.69. The number of anilines is 1. The number of fused-ring (bicyclic) bond motifs is 1. The molecule has 0 saturated carbocycles. The fourth-order valence-electron chi connectivity index (χ4n) is 2.53. The summed E-state index contributed by atoms with van der Waals surface area (Å²) in [6.45, 7) is 5.48. The van der Waals surface area contributed by atoms with Gasteiger partial charge in [0.25, 0.3) is 0 Å². The zero-order valence-corrected chi connectivity index (χ0v) is 17.8. The molecule has 0 atom stereocenters. The molecule has 8 heteroatoms. The van der Waals surface area contributed by atoms with Crippen molar-refractivity contribution in [3.05, 3.63) is 23.8 Å². The van der Waals surface area contributed by atoms with E-state index in [2.05, 4.69) is 20.9 Å². The summed E-state index contributed by atoms with van der Waals surface area (Å²) in [6.07, 6.45) is 2.19. The molecule has 0 aromatic heterocycles. The molecule has 2 rings (SSSR count). The van der Waals surface area contributed by atoms with Crippen molar-refractivity contribution in [3.63, 3.8) is 0 Å². The van der Waals surface area contributed by atoms with Gasteiger partial charge in [0, 0.05) is 38.9 Å². The molecule has 0 saturated heterocycles. The second-order valence-electron chi connectivity index (χ2n) is 5.75. The van der Waals surface area contributed by atoms with E-state index < -0.39 is 0 Å². The van der Waals surface area contributed by atoms with Crippen LogP contribution >= 0.6 is 24.0 Å². The summed E-state index contributed by atoms with van der Waals surface area (Å²) in [5.74, 6) is 1.68. The average molecular weight is 476 g/mol. The van der Waals surface area contributed by atoms with Crippen LogP contribution in [0.15, 0.2) is 23.2 Å². The lowest BCUT2D eigenvalue weighted by molar-refractivity contribution is -0.116. The molecule has 1 aliphatic rings. The third-order valence-electron chi connectivity index (χ3n) is 3.76. The monoisotopic (exact) mass is 476 g/mol. The molecule has 0 aliphatic carbocycles. The Labute approximate surface area is 172 Å². The average Bonchev–Trinajstić information content (AvgIpc) is 2.62. The van der Waals surface area contributed by atoms with Crippen molar-refractivity contribution in [1.29, 1.82) is 0 Å². The van der Waals surface area contributed by atoms with E-state index in [-0.39, 0.29) is 29.9 Å². The highest BCUT2D eigenvalue weighted by molar-refractivity contribution is 14.0. The number of hydrogen-bond acceptors (Lipinski definition) is 4. The van der Waals surface area contributed by atoms with E-state index in [0.29, 0.717) is 26.2 Å². The fourth-order valence-corrected chi connectivity index (χ4v) is 2.53. The maximum Gasteiger partial charge on any atom is 0.224 e. The van der Waals surface area contributed by atoms with E-state index in [1.807, 2.05) is 25.1 Å². The van der Waals surface area contributed by atoms with E-state index >= 15 is 0 Å². The van der Waals surface area contributed by atoms with E-state index in [0.717, 1.165) is 48.9 Å². The van der Waals surface area contributed by atoms with Crippen molar-refractivity contribution in [2.75, 3.05) is 45.3 Å². The summed E-state index contributed by atoms with van der Waals surface area (Å²) < 4.78 is 10.8. The molecule has 3 N–H and O–H groups in total. The van der Waals surface area contributed by atoms with Gasteiger partial charge in [-0.25, -0.2) is 0 Å². The van der Waals surface area contributed by atoms with Gasteiger partial charge in [-0.05, 0) is 43.5 Å². The second-order valence-corrected chi connectivity index (χ2v) is 5.75. The number of hydrogen-bond donors (Lipinski definition) is 3. The van der Waals surface area contributed by atoms with Crippen LogP contribution in [0.2, 0.25) is 0 Å². The van der Waals surface area contributed by atoms with Gasteiger partial charge in [0.15, 0.2) is 5.96 Å². The Morgan fingerprint density at radius 1 is 1.27 bits per heavy atom. The number of benzene rings is 1. The molecule has 1 heterocycles. The molecule has 0 radical (unpaired) electrons. The zero-order valence-electron chi connectivity index (χ0n) is 15.5. The summed E-state index contributed by atoms with van der Waals surface area (Å²) in [4.78, 5) is 15.9. The molecule has 1 amide bonds. The van der Waals surface area contributed by atoms with Gasteiger partial charge in [-0.15, -0.1) is 24.0 Å². The molecule has 0 bridgehead atoms. The molecule has 1 aromatic carbocycles. The van der Waals surface area contributed by atoms with Gasteiger partial charge < -0.3 is 25.4 Å². The van der Waals surface area contributed by atoms with E-state index in [4.69, 9.17) is 9.47 Å². The topological polar surface area (TPSA) is 84.0 Å². The summed E-state index contributed by atoms with van der Waals surface area (Å²) in [5.41, 5.74) is 2.01. The molecule has 0 spiro atoms. The number of aryl methyl sites for hydroxylation is 1. The smallest absolute Gasteiger partial charge is 0.224 e. The highest BCUT2D eigenvalue weighted by Crippen LogP contribution is 2.26. The quantitative estimate of drug-likeness (QED) is 0.220. The lowest BCUT2D eigenvalue weighted by Crippen LogP contribution is -2.39. The highest BCUT2D eigenvalue weighted by Gasteiger charge is 2.14. The zero-order chi connectivity index (χ0) is 17.9. The van der Waals surface area contributed by atoms with Crippen LogP contribution in [-0.4, -0.2) is 51.8 Å². The number of ether oxygens (including phenoxy) is 2. The highest BCUT2D eigenvalue weighted by atomic mass is 127. The van der Waals surface area contributed by atoms with Gasteiger partial charge in [-0.3, -0.25) is 9.79 Å². The predicted molar refractivity (Wildman–Crippen MR) is 115 cm³/mol. The molecule has 26 heavy (non-hydrogen) atoms. The number of methoxy groups -OCH3 is 1. The molecule has 1 aromatic rings. The van der Waals surface area contributed by atoms with Gasteiger partial charge in [-0.1, -0.05) is 0 Å². The van der Waals surface area contributed by atoms with Crippen LogP contribution in [0, 0.1) is 0 Å². The van der Waals surface area contributed by atoms with Gasteiger partial charge in [0.05, 0.1) is 6.54 Å². The van der Waals surface area contributed by atoms with E-state index in [1.54, 1.807) is 7.11 Å². The minimum absolute atomic E-state index is 0. The van der Waals surface area contributed by atoms with E-state index in [1.165, 1.54) is 0 Å². The van der Waals surface area contributed by atoms with Crippen molar-refractivity contribution >= 4 is 41.5 Å². The SMILES string of the molecule is CCNC(=NCCCOC)NCCOc1ccc2c(c1)CCC(=O)N2.I. The predicted octanol–water partition coefficient (Wildman–Crippen LogP) is 2.16. The first kappa shape index (κ1) is 22.5. The first-order chi connectivity index (χ1) is 12.2. The maximum atomic E-state index is 11.4. The van der Waals surface area contributed by atoms with Gasteiger partial charge in [0.1, 0.15) is 12.4 Å². The number of halogens is 1. The van der Waals surface area contributed by atoms with Crippen molar-refractivity contribution in [2.45, 2.75) is 26.2 Å². The number of nitrogens with one attached hydrogen (secondary N) is 3. The molecule has 0 unspecified atom stereocenters. The molecule has 146 valence electrons. The minimum atomic E-state index is 0. The fraction of sp³-hybridized carbons (Fsp3) is 0.556.